The summed E-state index contributed by atoms with van der Waals surface area (Å²) < 4.78 is 70.1. The minimum Gasteiger partial charge on any atom is -0.489 e. The average molecular weight is 608 g/mol. The predicted octanol–water partition coefficient (Wildman–Crippen LogP) is 3.80. The fraction of sp³-hybridized carbons (Fsp3) is 0.357. The van der Waals surface area contributed by atoms with Crippen LogP contribution in [-0.4, -0.2) is 60.1 Å². The third-order valence-electron chi connectivity index (χ3n) is 6.92. The highest BCUT2D eigenvalue weighted by molar-refractivity contribution is 7.91. The fourth-order valence-electron chi connectivity index (χ4n) is 5.17. The van der Waals surface area contributed by atoms with Crippen LogP contribution < -0.4 is 10.2 Å². The molecule has 1 aromatic heterocycles. The van der Waals surface area contributed by atoms with Crippen LogP contribution in [0.2, 0.25) is 0 Å². The standard InChI is InChI=1S/C28H28F3N3O7S/c1-18-14-20(23-6-3-4-7-24(23)32-18)16-40-21-8-10-22(11-9-21)42(38,39)17-27(12-5-13-34(27)19(2)35)15-25(36)33-41-26(37)28(29,30)31/h3-4,6-11,14H,5,12-13,15-17H2,1-2H3,(H,33,36). The molecule has 0 radical (unpaired) electrons. The van der Waals surface area contributed by atoms with E-state index >= 15 is 0 Å². The second kappa shape index (κ2) is 12.0. The van der Waals surface area contributed by atoms with Gasteiger partial charge in [-0.2, -0.15) is 18.7 Å². The number of pyridine rings is 1. The van der Waals surface area contributed by atoms with E-state index in [1.807, 2.05) is 37.3 Å². The summed E-state index contributed by atoms with van der Waals surface area (Å²) in [5.74, 6) is -4.60. The van der Waals surface area contributed by atoms with E-state index in [0.717, 1.165) is 22.2 Å². The van der Waals surface area contributed by atoms with E-state index < -0.39 is 51.5 Å². The normalized spacial score (nSPS) is 17.2. The smallest absolute Gasteiger partial charge is 0.489 e. The molecule has 2 amide bonds. The summed E-state index contributed by atoms with van der Waals surface area (Å²) >= 11 is 0. The van der Waals surface area contributed by atoms with E-state index in [4.69, 9.17) is 4.74 Å². The molecule has 1 atom stereocenters. The van der Waals surface area contributed by atoms with Crippen LogP contribution in [0.4, 0.5) is 13.2 Å². The Morgan fingerprint density at radius 2 is 1.79 bits per heavy atom. The molecular weight excluding hydrogens is 579 g/mol. The molecule has 1 unspecified atom stereocenters. The lowest BCUT2D eigenvalue weighted by Gasteiger charge is -2.37. The third-order valence-corrected chi connectivity index (χ3v) is 8.83. The lowest BCUT2D eigenvalue weighted by atomic mass is 9.93. The van der Waals surface area contributed by atoms with Gasteiger partial charge in [0.1, 0.15) is 12.4 Å². The van der Waals surface area contributed by atoms with Gasteiger partial charge in [0.2, 0.25) is 5.91 Å². The molecule has 14 heteroatoms. The number of sulfone groups is 1. The fourth-order valence-corrected chi connectivity index (χ4v) is 6.99. The number of fused-ring (bicyclic) bond motifs is 1. The van der Waals surface area contributed by atoms with Crippen LogP contribution in [0.5, 0.6) is 5.75 Å². The van der Waals surface area contributed by atoms with Crippen molar-refractivity contribution in [1.82, 2.24) is 15.4 Å². The van der Waals surface area contributed by atoms with Crippen molar-refractivity contribution in [3.05, 3.63) is 65.9 Å². The minimum absolute atomic E-state index is 0.0902. The first-order valence-electron chi connectivity index (χ1n) is 12.9. The second-order valence-corrected chi connectivity index (χ2v) is 12.0. The number of hydrogen-bond acceptors (Lipinski definition) is 8. The zero-order chi connectivity index (χ0) is 30.7. The Morgan fingerprint density at radius 1 is 1.10 bits per heavy atom. The molecule has 2 heterocycles. The Labute approximate surface area is 239 Å². The number of para-hydroxylation sites is 1. The molecule has 42 heavy (non-hydrogen) atoms. The molecule has 0 spiro atoms. The number of alkyl halides is 3. The van der Waals surface area contributed by atoms with Crippen molar-refractivity contribution in [3.63, 3.8) is 0 Å². The Hall–Kier alpha value is -4.20. The molecule has 0 aliphatic carbocycles. The maximum atomic E-state index is 13.5. The zero-order valence-electron chi connectivity index (χ0n) is 22.7. The van der Waals surface area contributed by atoms with Gasteiger partial charge >= 0.3 is 12.1 Å². The summed E-state index contributed by atoms with van der Waals surface area (Å²) in [5.41, 5.74) is 2.40. The Kier molecular flexibility index (Phi) is 8.76. The number of ether oxygens (including phenoxy) is 1. The maximum Gasteiger partial charge on any atom is 0.493 e. The van der Waals surface area contributed by atoms with E-state index in [1.54, 1.807) is 0 Å². The van der Waals surface area contributed by atoms with Gasteiger partial charge in [-0.1, -0.05) is 18.2 Å². The number of nitrogens with one attached hydrogen (secondary N) is 1. The molecule has 1 aliphatic rings. The molecule has 0 saturated carbocycles. The molecule has 0 bridgehead atoms. The summed E-state index contributed by atoms with van der Waals surface area (Å²) in [6.45, 7) is 3.43. The number of hydroxylamine groups is 1. The van der Waals surface area contributed by atoms with Gasteiger partial charge in [0.05, 0.1) is 28.1 Å². The van der Waals surface area contributed by atoms with E-state index in [-0.39, 0.29) is 24.5 Å². The van der Waals surface area contributed by atoms with Crippen molar-refractivity contribution < 1.29 is 45.5 Å². The molecule has 3 aromatic rings. The molecule has 1 N–H and O–H groups in total. The number of hydrogen-bond donors (Lipinski definition) is 1. The van der Waals surface area contributed by atoms with Gasteiger partial charge in [0.25, 0.3) is 5.91 Å². The van der Waals surface area contributed by atoms with Crippen LogP contribution in [0.1, 0.15) is 37.4 Å². The molecule has 10 nitrogen and oxygen atoms in total. The number of benzene rings is 2. The van der Waals surface area contributed by atoms with Gasteiger partial charge in [-0.15, -0.1) is 0 Å². The Balaban J connectivity index is 1.49. The predicted molar refractivity (Wildman–Crippen MR) is 144 cm³/mol. The van der Waals surface area contributed by atoms with E-state index in [2.05, 4.69) is 9.82 Å². The van der Waals surface area contributed by atoms with Crippen molar-refractivity contribution in [3.8, 4) is 5.75 Å². The number of nitrogens with zero attached hydrogens (tertiary/aromatic N) is 2. The van der Waals surface area contributed by atoms with Crippen molar-refractivity contribution in [2.24, 2.45) is 0 Å². The lowest BCUT2D eigenvalue weighted by molar-refractivity contribution is -0.207. The number of likely N-dealkylation sites (tertiary alicyclic amines) is 1. The lowest BCUT2D eigenvalue weighted by Crippen LogP contribution is -2.53. The molecule has 224 valence electrons. The van der Waals surface area contributed by atoms with Crippen molar-refractivity contribution in [2.45, 2.75) is 56.3 Å². The minimum atomic E-state index is -5.34. The van der Waals surface area contributed by atoms with E-state index in [0.29, 0.717) is 12.2 Å². The second-order valence-electron chi connectivity index (χ2n) is 10.0. The summed E-state index contributed by atoms with van der Waals surface area (Å²) in [6, 6.07) is 15.2. The van der Waals surface area contributed by atoms with Crippen LogP contribution in [0.3, 0.4) is 0 Å². The highest BCUT2D eigenvalue weighted by Gasteiger charge is 2.48. The topological polar surface area (TPSA) is 132 Å². The first-order valence-corrected chi connectivity index (χ1v) is 14.5. The largest absolute Gasteiger partial charge is 0.493 e. The van der Waals surface area contributed by atoms with Gasteiger partial charge in [0.15, 0.2) is 9.84 Å². The molecule has 1 saturated heterocycles. The molecule has 2 aromatic carbocycles. The summed E-state index contributed by atoms with van der Waals surface area (Å²) in [4.78, 5) is 45.2. The van der Waals surface area contributed by atoms with E-state index in [9.17, 15) is 36.0 Å². The van der Waals surface area contributed by atoms with Crippen LogP contribution in [-0.2, 0) is 35.7 Å². The molecule has 4 rings (SSSR count). The van der Waals surface area contributed by atoms with Crippen LogP contribution >= 0.6 is 0 Å². The van der Waals surface area contributed by atoms with Crippen LogP contribution in [0.15, 0.2) is 59.5 Å². The van der Waals surface area contributed by atoms with Gasteiger partial charge in [0, 0.05) is 30.1 Å². The van der Waals surface area contributed by atoms with Gasteiger partial charge < -0.3 is 14.5 Å². The number of aromatic nitrogens is 1. The van der Waals surface area contributed by atoms with Crippen molar-refractivity contribution in [2.75, 3.05) is 12.3 Å². The van der Waals surface area contributed by atoms with Crippen molar-refractivity contribution in [1.29, 1.82) is 0 Å². The number of amides is 2. The first kappa shape index (κ1) is 30.8. The Morgan fingerprint density at radius 3 is 2.45 bits per heavy atom. The van der Waals surface area contributed by atoms with Gasteiger partial charge in [-0.05, 0) is 56.2 Å². The number of rotatable bonds is 8. The highest BCUT2D eigenvalue weighted by Crippen LogP contribution is 2.36. The highest BCUT2D eigenvalue weighted by atomic mass is 32.2. The first-order chi connectivity index (χ1) is 19.7. The average Bonchev–Trinajstić information content (AvgIpc) is 3.32. The number of carbonyl (C=O) groups is 3. The monoisotopic (exact) mass is 607 g/mol. The van der Waals surface area contributed by atoms with Gasteiger partial charge in [-0.3, -0.25) is 14.6 Å². The number of carbonyl (C=O) groups excluding carboxylic acids is 3. The van der Waals surface area contributed by atoms with Gasteiger partial charge in [-0.25, -0.2) is 13.2 Å². The SMILES string of the molecule is CC(=O)N1CCCC1(CC(=O)NOC(=O)C(F)(F)F)CS(=O)(=O)c1ccc(OCc2cc(C)nc3ccccc23)cc1. The Bertz CT molecular complexity index is 1610. The summed E-state index contributed by atoms with van der Waals surface area (Å²) in [5, 5.41) is 0.927. The number of halogens is 3. The molecular formula is C28H28F3N3O7S. The molecule has 1 aliphatic heterocycles. The summed E-state index contributed by atoms with van der Waals surface area (Å²) in [6.07, 6.45) is -5.58. The van der Waals surface area contributed by atoms with Crippen LogP contribution in [0.25, 0.3) is 10.9 Å². The quantitative estimate of drug-likeness (QED) is 0.383. The van der Waals surface area contributed by atoms with Crippen molar-refractivity contribution >= 4 is 38.5 Å². The molecule has 1 fully saturated rings. The number of aryl methyl sites for hydroxylation is 1. The zero-order valence-corrected chi connectivity index (χ0v) is 23.5. The van der Waals surface area contributed by atoms with Crippen LogP contribution in [0, 0.1) is 6.92 Å². The third kappa shape index (κ3) is 6.98. The van der Waals surface area contributed by atoms with E-state index in [1.165, 1.54) is 41.6 Å². The summed E-state index contributed by atoms with van der Waals surface area (Å²) in [7, 11) is -4.11. The maximum absolute atomic E-state index is 13.5.